The Hall–Kier alpha value is -1.95. The van der Waals surface area contributed by atoms with Gasteiger partial charge in [-0.05, 0) is 19.4 Å². The Bertz CT molecular complexity index is 736. The van der Waals surface area contributed by atoms with Crippen LogP contribution in [0.25, 0.3) is 5.78 Å². The van der Waals surface area contributed by atoms with Gasteiger partial charge in [-0.25, -0.2) is 4.57 Å². The molecule has 0 saturated heterocycles. The van der Waals surface area contributed by atoms with Crippen LogP contribution in [0.4, 0.5) is 5.95 Å². The van der Waals surface area contributed by atoms with Crippen LogP contribution in [0.3, 0.4) is 0 Å². The van der Waals surface area contributed by atoms with Crippen molar-refractivity contribution < 1.29 is 21.5 Å². The molecule has 0 fully saturated rings. The first kappa shape index (κ1) is 14.5. The zero-order valence-electron chi connectivity index (χ0n) is 11.4. The lowest BCUT2D eigenvalue weighted by Crippen LogP contribution is -3.00. The summed E-state index contributed by atoms with van der Waals surface area (Å²) in [5.74, 6) is 1.25. The molecular formula is C14H16BrN5. The molecule has 0 amide bonds. The van der Waals surface area contributed by atoms with Crippen LogP contribution in [0, 0.1) is 13.8 Å². The van der Waals surface area contributed by atoms with Crippen LogP contribution in [0.1, 0.15) is 17.0 Å². The zero-order chi connectivity index (χ0) is 13.4. The van der Waals surface area contributed by atoms with Crippen LogP contribution >= 0.6 is 0 Å². The van der Waals surface area contributed by atoms with Crippen LogP contribution in [-0.4, -0.2) is 14.6 Å². The normalized spacial score (nSPS) is 10.5. The van der Waals surface area contributed by atoms with Crippen molar-refractivity contribution in [3.05, 3.63) is 53.3 Å². The molecule has 0 atom stereocenters. The van der Waals surface area contributed by atoms with Gasteiger partial charge in [0.15, 0.2) is 0 Å². The van der Waals surface area contributed by atoms with Crippen molar-refractivity contribution in [2.24, 2.45) is 0 Å². The maximum Gasteiger partial charge on any atom is 0.359 e. The smallest absolute Gasteiger partial charge is 0.359 e. The first-order valence-electron chi connectivity index (χ1n) is 6.21. The molecule has 0 aliphatic carbocycles. The fourth-order valence-electron chi connectivity index (χ4n) is 2.23. The average molecular weight is 334 g/mol. The maximum atomic E-state index is 6.01. The standard InChI is InChI=1S/C14H16N5.BrH/c1-10-8-11(2)19-14(16-10)18(13(15)17-19)9-12-6-4-3-5-7-12;/h3-8H,9H2,1-2H3,(H2,15,17);1H/q+1;/p-1. The third-order valence-corrected chi connectivity index (χ3v) is 3.12. The summed E-state index contributed by atoms with van der Waals surface area (Å²) in [6.45, 7) is 4.65. The second-order valence-corrected chi connectivity index (χ2v) is 4.68. The number of aromatic nitrogens is 4. The van der Waals surface area contributed by atoms with Crippen LogP contribution < -0.4 is 27.3 Å². The Labute approximate surface area is 127 Å². The number of aryl methyl sites for hydroxylation is 2. The van der Waals surface area contributed by atoms with E-state index in [0.717, 1.165) is 17.2 Å². The van der Waals surface area contributed by atoms with E-state index in [9.17, 15) is 0 Å². The van der Waals surface area contributed by atoms with Crippen LogP contribution in [0.5, 0.6) is 0 Å². The molecule has 1 aromatic carbocycles. The van der Waals surface area contributed by atoms with Gasteiger partial charge in [-0.3, -0.25) is 0 Å². The highest BCUT2D eigenvalue weighted by atomic mass is 79.9. The summed E-state index contributed by atoms with van der Waals surface area (Å²) in [5, 5.41) is 4.34. The molecule has 0 radical (unpaired) electrons. The predicted molar refractivity (Wildman–Crippen MR) is 72.6 cm³/mol. The van der Waals surface area contributed by atoms with Crippen molar-refractivity contribution in [3.8, 4) is 0 Å². The van der Waals surface area contributed by atoms with Crippen LogP contribution in [0.2, 0.25) is 0 Å². The van der Waals surface area contributed by atoms with Crippen molar-refractivity contribution in [2.45, 2.75) is 20.4 Å². The fraction of sp³-hybridized carbons (Fsp3) is 0.214. The number of rotatable bonds is 2. The second-order valence-electron chi connectivity index (χ2n) is 4.68. The van der Waals surface area contributed by atoms with Crippen molar-refractivity contribution in [1.29, 1.82) is 0 Å². The lowest BCUT2D eigenvalue weighted by atomic mass is 10.2. The summed E-state index contributed by atoms with van der Waals surface area (Å²) < 4.78 is 3.71. The van der Waals surface area contributed by atoms with Gasteiger partial charge < -0.3 is 22.7 Å². The molecule has 6 heteroatoms. The highest BCUT2D eigenvalue weighted by molar-refractivity contribution is 5.29. The Morgan fingerprint density at radius 2 is 1.90 bits per heavy atom. The fourth-order valence-corrected chi connectivity index (χ4v) is 2.23. The van der Waals surface area contributed by atoms with Gasteiger partial charge in [-0.15, -0.1) is 9.50 Å². The summed E-state index contributed by atoms with van der Waals surface area (Å²) in [4.78, 5) is 4.54. The van der Waals surface area contributed by atoms with Crippen molar-refractivity contribution in [3.63, 3.8) is 0 Å². The number of anilines is 1. The van der Waals surface area contributed by atoms with Gasteiger partial charge in [-0.2, -0.15) is 0 Å². The molecule has 3 aromatic rings. The van der Waals surface area contributed by atoms with Gasteiger partial charge in [0.1, 0.15) is 0 Å². The SMILES string of the molecule is Cc1cc(C)n2nc(N)[n+](Cc3ccccc3)c2n1.[Br-]. The largest absolute Gasteiger partial charge is 1.00 e. The molecule has 0 aliphatic rings. The van der Waals surface area contributed by atoms with Gasteiger partial charge >= 0.3 is 11.7 Å². The minimum absolute atomic E-state index is 0. The summed E-state index contributed by atoms with van der Waals surface area (Å²) in [6.07, 6.45) is 0. The Morgan fingerprint density at radius 1 is 1.20 bits per heavy atom. The van der Waals surface area contributed by atoms with E-state index < -0.39 is 0 Å². The minimum atomic E-state index is 0. The zero-order valence-corrected chi connectivity index (χ0v) is 13.0. The molecule has 2 heterocycles. The number of hydrogen-bond donors (Lipinski definition) is 1. The third kappa shape index (κ3) is 2.51. The number of hydrogen-bond acceptors (Lipinski definition) is 3. The van der Waals surface area contributed by atoms with Gasteiger partial charge in [0.05, 0.1) is 17.9 Å². The van der Waals surface area contributed by atoms with E-state index >= 15 is 0 Å². The van der Waals surface area contributed by atoms with Gasteiger partial charge in [0.25, 0.3) is 0 Å². The predicted octanol–water partition coefficient (Wildman–Crippen LogP) is -1.73. The van der Waals surface area contributed by atoms with E-state index in [4.69, 9.17) is 5.73 Å². The average Bonchev–Trinajstić information content (AvgIpc) is 2.69. The number of nitrogen functional groups attached to an aromatic ring is 1. The molecule has 0 unspecified atom stereocenters. The molecule has 104 valence electrons. The number of fused-ring (bicyclic) bond motifs is 1. The molecule has 3 rings (SSSR count). The summed E-state index contributed by atoms with van der Waals surface area (Å²) >= 11 is 0. The minimum Gasteiger partial charge on any atom is -1.00 e. The van der Waals surface area contributed by atoms with Crippen molar-refractivity contribution in [1.82, 2.24) is 14.6 Å². The summed E-state index contributed by atoms with van der Waals surface area (Å²) in [5.41, 5.74) is 9.18. The van der Waals surface area contributed by atoms with E-state index in [1.54, 1.807) is 4.52 Å². The summed E-state index contributed by atoms with van der Waals surface area (Å²) in [7, 11) is 0. The van der Waals surface area contributed by atoms with E-state index in [0.29, 0.717) is 12.5 Å². The van der Waals surface area contributed by atoms with Crippen LogP contribution in [0.15, 0.2) is 36.4 Å². The van der Waals surface area contributed by atoms with Crippen molar-refractivity contribution >= 4 is 11.7 Å². The molecule has 2 N–H and O–H groups in total. The van der Waals surface area contributed by atoms with Crippen LogP contribution in [-0.2, 0) is 6.54 Å². The number of nitrogens with two attached hydrogens (primary N) is 1. The number of nitrogens with zero attached hydrogens (tertiary/aromatic N) is 4. The Kier molecular flexibility index (Phi) is 4.04. The highest BCUT2D eigenvalue weighted by Gasteiger charge is 2.19. The first-order chi connectivity index (χ1) is 9.15. The first-order valence-corrected chi connectivity index (χ1v) is 6.21. The highest BCUT2D eigenvalue weighted by Crippen LogP contribution is 2.06. The van der Waals surface area contributed by atoms with E-state index in [1.165, 1.54) is 5.56 Å². The van der Waals surface area contributed by atoms with E-state index in [-0.39, 0.29) is 17.0 Å². The quantitative estimate of drug-likeness (QED) is 0.567. The topological polar surface area (TPSA) is 60.1 Å². The lowest BCUT2D eigenvalue weighted by Gasteiger charge is -2.01. The summed E-state index contributed by atoms with van der Waals surface area (Å²) in [6, 6.07) is 12.2. The molecule has 0 saturated carbocycles. The van der Waals surface area contributed by atoms with E-state index in [2.05, 4.69) is 22.2 Å². The molecule has 0 aliphatic heterocycles. The molecule has 0 bridgehead atoms. The lowest BCUT2D eigenvalue weighted by molar-refractivity contribution is -0.650. The second kappa shape index (κ2) is 5.58. The monoisotopic (exact) mass is 333 g/mol. The van der Waals surface area contributed by atoms with Gasteiger partial charge in [0, 0.05) is 11.2 Å². The van der Waals surface area contributed by atoms with E-state index in [1.807, 2.05) is 42.7 Å². The molecule has 5 nitrogen and oxygen atoms in total. The third-order valence-electron chi connectivity index (χ3n) is 3.12. The molecule has 0 spiro atoms. The molecule has 2 aromatic heterocycles. The molecule has 20 heavy (non-hydrogen) atoms. The van der Waals surface area contributed by atoms with Crippen molar-refractivity contribution in [2.75, 3.05) is 5.73 Å². The molecular weight excluding hydrogens is 318 g/mol. The van der Waals surface area contributed by atoms with Gasteiger partial charge in [0.2, 0.25) is 0 Å². The Morgan fingerprint density at radius 3 is 2.60 bits per heavy atom. The number of benzene rings is 1. The number of halogens is 1. The Balaban J connectivity index is 0.00000147. The van der Waals surface area contributed by atoms with Gasteiger partial charge in [-0.1, -0.05) is 30.3 Å². The maximum absolute atomic E-state index is 6.01.